The molecule has 0 fully saturated rings. The van der Waals surface area contributed by atoms with Gasteiger partial charge in [0.2, 0.25) is 0 Å². The zero-order valence-electron chi connectivity index (χ0n) is 8.66. The van der Waals surface area contributed by atoms with Gasteiger partial charge in [-0.2, -0.15) is 5.10 Å². The quantitative estimate of drug-likeness (QED) is 0.845. The standard InChI is InChI=1S/C11H12ClN3/c1-8-3-4-9(5-11(8)12)14-10-6-13-15(2)7-10/h3-7,14H,1-2H3. The summed E-state index contributed by atoms with van der Waals surface area (Å²) < 4.78 is 1.75. The summed E-state index contributed by atoms with van der Waals surface area (Å²) in [5, 5.41) is 8.07. The van der Waals surface area contributed by atoms with E-state index in [9.17, 15) is 0 Å². The summed E-state index contributed by atoms with van der Waals surface area (Å²) in [6, 6.07) is 5.89. The summed E-state index contributed by atoms with van der Waals surface area (Å²) in [6.45, 7) is 1.98. The average Bonchev–Trinajstić information content (AvgIpc) is 2.58. The van der Waals surface area contributed by atoms with E-state index < -0.39 is 0 Å². The van der Waals surface area contributed by atoms with Crippen LogP contribution in [0, 0.1) is 6.92 Å². The molecule has 1 N–H and O–H groups in total. The zero-order chi connectivity index (χ0) is 10.8. The third kappa shape index (κ3) is 2.30. The lowest BCUT2D eigenvalue weighted by molar-refractivity contribution is 0.768. The van der Waals surface area contributed by atoms with Crippen LogP contribution in [0.1, 0.15) is 5.56 Å². The molecule has 4 heteroatoms. The van der Waals surface area contributed by atoms with Gasteiger partial charge in [0.05, 0.1) is 11.9 Å². The molecule has 0 aliphatic carbocycles. The summed E-state index contributed by atoms with van der Waals surface area (Å²) in [4.78, 5) is 0. The molecule has 0 unspecified atom stereocenters. The predicted octanol–water partition coefficient (Wildman–Crippen LogP) is 3.13. The van der Waals surface area contributed by atoms with E-state index in [4.69, 9.17) is 11.6 Å². The number of nitrogens with zero attached hydrogens (tertiary/aromatic N) is 2. The van der Waals surface area contributed by atoms with Crippen molar-refractivity contribution in [2.75, 3.05) is 5.32 Å². The largest absolute Gasteiger partial charge is 0.353 e. The first-order chi connectivity index (χ1) is 7.15. The highest BCUT2D eigenvalue weighted by Gasteiger charge is 1.99. The number of halogens is 1. The number of rotatable bonds is 2. The molecule has 0 saturated heterocycles. The van der Waals surface area contributed by atoms with Crippen LogP contribution in [0.3, 0.4) is 0 Å². The summed E-state index contributed by atoms with van der Waals surface area (Å²) in [6.07, 6.45) is 3.68. The Morgan fingerprint density at radius 2 is 2.13 bits per heavy atom. The monoisotopic (exact) mass is 221 g/mol. The van der Waals surface area contributed by atoms with E-state index in [-0.39, 0.29) is 0 Å². The van der Waals surface area contributed by atoms with Gasteiger partial charge in [0, 0.05) is 24.0 Å². The van der Waals surface area contributed by atoms with Crippen molar-refractivity contribution in [3.63, 3.8) is 0 Å². The normalized spacial score (nSPS) is 10.3. The van der Waals surface area contributed by atoms with E-state index in [1.807, 2.05) is 38.4 Å². The van der Waals surface area contributed by atoms with Crippen LogP contribution in [0.4, 0.5) is 11.4 Å². The molecule has 78 valence electrons. The number of benzene rings is 1. The van der Waals surface area contributed by atoms with Gasteiger partial charge in [0.25, 0.3) is 0 Å². The third-order valence-electron chi connectivity index (χ3n) is 2.17. The summed E-state index contributed by atoms with van der Waals surface area (Å²) in [7, 11) is 1.88. The summed E-state index contributed by atoms with van der Waals surface area (Å²) in [5.74, 6) is 0. The maximum absolute atomic E-state index is 6.02. The summed E-state index contributed by atoms with van der Waals surface area (Å²) >= 11 is 6.02. The lowest BCUT2D eigenvalue weighted by Crippen LogP contribution is -1.89. The highest BCUT2D eigenvalue weighted by Crippen LogP contribution is 2.22. The Bertz CT molecular complexity index is 476. The first kappa shape index (κ1) is 10.1. The van der Waals surface area contributed by atoms with Crippen LogP contribution >= 0.6 is 11.6 Å². The lowest BCUT2D eigenvalue weighted by Gasteiger charge is -2.05. The van der Waals surface area contributed by atoms with Crippen LogP contribution < -0.4 is 5.32 Å². The van der Waals surface area contributed by atoms with Crippen LogP contribution in [-0.4, -0.2) is 9.78 Å². The molecular weight excluding hydrogens is 210 g/mol. The molecule has 3 nitrogen and oxygen atoms in total. The molecule has 0 aliphatic rings. The molecule has 0 amide bonds. The first-order valence-corrected chi connectivity index (χ1v) is 5.05. The highest BCUT2D eigenvalue weighted by molar-refractivity contribution is 6.31. The minimum Gasteiger partial charge on any atom is -0.353 e. The first-order valence-electron chi connectivity index (χ1n) is 4.67. The minimum absolute atomic E-state index is 0.767. The molecule has 15 heavy (non-hydrogen) atoms. The fourth-order valence-electron chi connectivity index (χ4n) is 1.32. The fourth-order valence-corrected chi connectivity index (χ4v) is 1.50. The van der Waals surface area contributed by atoms with Crippen molar-refractivity contribution in [1.82, 2.24) is 9.78 Å². The van der Waals surface area contributed by atoms with E-state index in [0.717, 1.165) is 22.0 Å². The van der Waals surface area contributed by atoms with Gasteiger partial charge in [-0.25, -0.2) is 0 Å². The molecule has 1 heterocycles. The zero-order valence-corrected chi connectivity index (χ0v) is 9.42. The average molecular weight is 222 g/mol. The van der Waals surface area contributed by atoms with Crippen molar-refractivity contribution in [3.05, 3.63) is 41.2 Å². The van der Waals surface area contributed by atoms with Crippen molar-refractivity contribution in [3.8, 4) is 0 Å². The van der Waals surface area contributed by atoms with E-state index in [0.29, 0.717) is 0 Å². The molecule has 1 aromatic carbocycles. The van der Waals surface area contributed by atoms with Gasteiger partial charge in [-0.15, -0.1) is 0 Å². The number of hydrogen-bond donors (Lipinski definition) is 1. The number of aryl methyl sites for hydroxylation is 2. The molecule has 0 radical (unpaired) electrons. The van der Waals surface area contributed by atoms with Gasteiger partial charge < -0.3 is 5.32 Å². The minimum atomic E-state index is 0.767. The van der Waals surface area contributed by atoms with E-state index >= 15 is 0 Å². The number of nitrogens with one attached hydrogen (secondary N) is 1. The molecule has 1 aromatic heterocycles. The Balaban J connectivity index is 2.21. The van der Waals surface area contributed by atoms with Crippen molar-refractivity contribution in [2.24, 2.45) is 7.05 Å². The van der Waals surface area contributed by atoms with Crippen LogP contribution in [0.5, 0.6) is 0 Å². The van der Waals surface area contributed by atoms with Gasteiger partial charge in [-0.05, 0) is 24.6 Å². The van der Waals surface area contributed by atoms with E-state index in [2.05, 4.69) is 10.4 Å². The maximum atomic E-state index is 6.02. The van der Waals surface area contributed by atoms with Crippen molar-refractivity contribution >= 4 is 23.0 Å². The SMILES string of the molecule is Cc1ccc(Nc2cnn(C)c2)cc1Cl. The second kappa shape index (κ2) is 3.95. The lowest BCUT2D eigenvalue weighted by atomic mass is 10.2. The molecule has 0 aliphatic heterocycles. The van der Waals surface area contributed by atoms with Crippen LogP contribution in [0.2, 0.25) is 5.02 Å². The van der Waals surface area contributed by atoms with Crippen LogP contribution in [0.15, 0.2) is 30.6 Å². The van der Waals surface area contributed by atoms with Crippen LogP contribution in [-0.2, 0) is 7.05 Å². The smallest absolute Gasteiger partial charge is 0.0770 e. The van der Waals surface area contributed by atoms with Crippen LogP contribution in [0.25, 0.3) is 0 Å². The second-order valence-electron chi connectivity index (χ2n) is 3.49. The Morgan fingerprint density at radius 1 is 1.33 bits per heavy atom. The molecule has 0 saturated carbocycles. The van der Waals surface area contributed by atoms with Gasteiger partial charge in [-0.3, -0.25) is 4.68 Å². The van der Waals surface area contributed by atoms with Gasteiger partial charge in [0.1, 0.15) is 0 Å². The summed E-state index contributed by atoms with van der Waals surface area (Å²) in [5.41, 5.74) is 3.00. The number of hydrogen-bond acceptors (Lipinski definition) is 2. The second-order valence-corrected chi connectivity index (χ2v) is 3.90. The number of aromatic nitrogens is 2. The van der Waals surface area contributed by atoms with Gasteiger partial charge in [-0.1, -0.05) is 17.7 Å². The predicted molar refractivity (Wildman–Crippen MR) is 62.7 cm³/mol. The van der Waals surface area contributed by atoms with Crippen molar-refractivity contribution in [1.29, 1.82) is 0 Å². The Labute approximate surface area is 93.7 Å². The number of anilines is 2. The highest BCUT2D eigenvalue weighted by atomic mass is 35.5. The van der Waals surface area contributed by atoms with Crippen molar-refractivity contribution in [2.45, 2.75) is 6.92 Å². The molecule has 2 aromatic rings. The topological polar surface area (TPSA) is 29.9 Å². The van der Waals surface area contributed by atoms with Gasteiger partial charge >= 0.3 is 0 Å². The molecule has 0 bridgehead atoms. The molecule has 0 atom stereocenters. The van der Waals surface area contributed by atoms with Crippen molar-refractivity contribution < 1.29 is 0 Å². The Kier molecular flexibility index (Phi) is 2.64. The Morgan fingerprint density at radius 3 is 2.73 bits per heavy atom. The molecule has 0 spiro atoms. The maximum Gasteiger partial charge on any atom is 0.0770 e. The van der Waals surface area contributed by atoms with Gasteiger partial charge in [0.15, 0.2) is 0 Å². The third-order valence-corrected chi connectivity index (χ3v) is 2.57. The Hall–Kier alpha value is -1.48. The van der Waals surface area contributed by atoms with E-state index in [1.54, 1.807) is 10.9 Å². The van der Waals surface area contributed by atoms with E-state index in [1.165, 1.54) is 0 Å². The molecule has 2 rings (SSSR count). The fraction of sp³-hybridized carbons (Fsp3) is 0.182. The molecular formula is C11H12ClN3.